The molecule has 118 valence electrons. The van der Waals surface area contributed by atoms with E-state index in [9.17, 15) is 9.59 Å². The maximum Gasteiger partial charge on any atom is 0.433 e. The summed E-state index contributed by atoms with van der Waals surface area (Å²) in [6.07, 6.45) is 1.78. The number of halogens is 1. The van der Waals surface area contributed by atoms with Gasteiger partial charge in [0.25, 0.3) is 0 Å². The number of esters is 1. The van der Waals surface area contributed by atoms with Crippen LogP contribution in [-0.2, 0) is 4.74 Å². The Morgan fingerprint density at radius 3 is 2.78 bits per heavy atom. The van der Waals surface area contributed by atoms with E-state index in [-0.39, 0.29) is 11.9 Å². The Morgan fingerprint density at radius 1 is 1.39 bits per heavy atom. The number of aromatic nitrogens is 1. The van der Waals surface area contributed by atoms with E-state index >= 15 is 0 Å². The zero-order valence-corrected chi connectivity index (χ0v) is 14.8. The SMILES string of the molecule is CCOC(=O)c1sc2[n+](c1C)C(=O)/C(=C\c1ccccc1Cl)S2. The first-order chi connectivity index (χ1) is 11.0. The topological polar surface area (TPSA) is 47.2 Å². The van der Waals surface area contributed by atoms with Crippen molar-refractivity contribution in [1.29, 1.82) is 0 Å². The molecule has 1 aliphatic rings. The van der Waals surface area contributed by atoms with Gasteiger partial charge in [-0.1, -0.05) is 29.8 Å². The molecule has 3 rings (SSSR count). The van der Waals surface area contributed by atoms with Crippen LogP contribution in [-0.4, -0.2) is 18.5 Å². The number of carbonyl (C=O) groups excluding carboxylic acids is 2. The fourth-order valence-electron chi connectivity index (χ4n) is 2.21. The minimum absolute atomic E-state index is 0.144. The van der Waals surface area contributed by atoms with Crippen molar-refractivity contribution in [2.45, 2.75) is 18.2 Å². The largest absolute Gasteiger partial charge is 0.462 e. The molecule has 7 heteroatoms. The van der Waals surface area contributed by atoms with E-state index in [2.05, 4.69) is 0 Å². The van der Waals surface area contributed by atoms with Crippen molar-refractivity contribution >= 4 is 52.7 Å². The number of hydrogen-bond acceptors (Lipinski definition) is 5. The highest BCUT2D eigenvalue weighted by atomic mass is 35.5. The second-order valence-corrected chi connectivity index (χ2v) is 7.47. The van der Waals surface area contributed by atoms with Crippen LogP contribution < -0.4 is 4.57 Å². The molecule has 0 saturated heterocycles. The predicted octanol–water partition coefficient (Wildman–Crippen LogP) is 3.96. The molecule has 23 heavy (non-hydrogen) atoms. The monoisotopic (exact) mass is 366 g/mol. The van der Waals surface area contributed by atoms with E-state index in [4.69, 9.17) is 16.3 Å². The van der Waals surface area contributed by atoms with Crippen LogP contribution in [0.1, 0.15) is 32.6 Å². The van der Waals surface area contributed by atoms with Crippen molar-refractivity contribution < 1.29 is 18.9 Å². The normalized spacial score (nSPS) is 15.1. The summed E-state index contributed by atoms with van der Waals surface area (Å²) in [7, 11) is 0. The first kappa shape index (κ1) is 16.2. The molecule has 4 nitrogen and oxygen atoms in total. The van der Waals surface area contributed by atoms with Crippen molar-refractivity contribution in [3.63, 3.8) is 0 Å². The minimum atomic E-state index is -0.387. The summed E-state index contributed by atoms with van der Waals surface area (Å²) < 4.78 is 7.34. The van der Waals surface area contributed by atoms with Crippen molar-refractivity contribution in [3.05, 3.63) is 50.3 Å². The van der Waals surface area contributed by atoms with Crippen LogP contribution in [0.2, 0.25) is 5.02 Å². The fourth-order valence-corrected chi connectivity index (χ4v) is 4.81. The average Bonchev–Trinajstić information content (AvgIpc) is 3.00. The van der Waals surface area contributed by atoms with Crippen LogP contribution in [0.4, 0.5) is 0 Å². The molecule has 2 aromatic rings. The van der Waals surface area contributed by atoms with Gasteiger partial charge in [-0.2, -0.15) is 0 Å². The molecular weight excluding hydrogens is 354 g/mol. The fraction of sp³-hybridized carbons (Fsp3) is 0.188. The molecule has 2 heterocycles. The van der Waals surface area contributed by atoms with E-state index in [1.54, 1.807) is 30.6 Å². The van der Waals surface area contributed by atoms with Gasteiger partial charge < -0.3 is 4.74 Å². The van der Waals surface area contributed by atoms with E-state index in [0.29, 0.717) is 27.1 Å². The van der Waals surface area contributed by atoms with Crippen LogP contribution in [0, 0.1) is 6.92 Å². The molecule has 0 spiro atoms. The summed E-state index contributed by atoms with van der Waals surface area (Å²) in [5.74, 6) is -0.531. The number of hydrogen-bond donors (Lipinski definition) is 0. The molecule has 0 aliphatic carbocycles. The highest BCUT2D eigenvalue weighted by Crippen LogP contribution is 2.38. The molecule has 1 aromatic heterocycles. The highest BCUT2D eigenvalue weighted by Gasteiger charge is 2.43. The lowest BCUT2D eigenvalue weighted by Gasteiger charge is -1.98. The van der Waals surface area contributed by atoms with Gasteiger partial charge in [0, 0.05) is 23.7 Å². The lowest BCUT2D eigenvalue weighted by molar-refractivity contribution is -0.606. The van der Waals surface area contributed by atoms with Crippen molar-refractivity contribution in [3.8, 4) is 0 Å². The van der Waals surface area contributed by atoms with E-state index in [0.717, 1.165) is 9.90 Å². The summed E-state index contributed by atoms with van der Waals surface area (Å²) in [5.41, 5.74) is 1.41. The first-order valence-corrected chi connectivity index (χ1v) is 8.95. The van der Waals surface area contributed by atoms with Crippen molar-refractivity contribution in [2.24, 2.45) is 0 Å². The first-order valence-electron chi connectivity index (χ1n) is 6.94. The van der Waals surface area contributed by atoms with Crippen LogP contribution in [0.5, 0.6) is 0 Å². The third-order valence-electron chi connectivity index (χ3n) is 3.30. The summed E-state index contributed by atoms with van der Waals surface area (Å²) in [5, 5.41) is 0.595. The van der Waals surface area contributed by atoms with Crippen LogP contribution >= 0.6 is 34.7 Å². The smallest absolute Gasteiger partial charge is 0.433 e. The molecule has 0 N–H and O–H groups in total. The number of benzene rings is 1. The van der Waals surface area contributed by atoms with Gasteiger partial charge in [-0.05, 0) is 36.0 Å². The van der Waals surface area contributed by atoms with Gasteiger partial charge in [-0.25, -0.2) is 9.59 Å². The molecule has 0 bridgehead atoms. The zero-order chi connectivity index (χ0) is 16.6. The van der Waals surface area contributed by atoms with Crippen molar-refractivity contribution in [2.75, 3.05) is 6.61 Å². The van der Waals surface area contributed by atoms with E-state index in [1.807, 2.05) is 18.2 Å². The van der Waals surface area contributed by atoms with E-state index in [1.165, 1.54) is 23.1 Å². The quantitative estimate of drug-likeness (QED) is 0.468. The Bertz CT molecular complexity index is 842. The highest BCUT2D eigenvalue weighted by molar-refractivity contribution is 8.05. The third-order valence-corrected chi connectivity index (χ3v) is 6.04. The number of ether oxygens (including phenoxy) is 1. The second-order valence-electron chi connectivity index (χ2n) is 4.78. The molecule has 0 unspecified atom stereocenters. The maximum absolute atomic E-state index is 12.6. The lowest BCUT2D eigenvalue weighted by atomic mass is 10.2. The Hall–Kier alpha value is -1.63. The summed E-state index contributed by atoms with van der Waals surface area (Å²) in [6.45, 7) is 3.82. The molecule has 1 aromatic carbocycles. The third kappa shape index (κ3) is 2.94. The maximum atomic E-state index is 12.6. The Balaban J connectivity index is 1.95. The molecule has 0 fully saturated rings. The number of carbonyl (C=O) groups is 2. The van der Waals surface area contributed by atoms with Gasteiger partial charge in [0.15, 0.2) is 4.88 Å². The summed E-state index contributed by atoms with van der Waals surface area (Å²) in [6, 6.07) is 7.35. The van der Waals surface area contributed by atoms with E-state index < -0.39 is 0 Å². The Kier molecular flexibility index (Phi) is 4.57. The lowest BCUT2D eigenvalue weighted by Crippen LogP contribution is -2.41. The van der Waals surface area contributed by atoms with Crippen LogP contribution in [0.3, 0.4) is 0 Å². The van der Waals surface area contributed by atoms with Gasteiger partial charge >= 0.3 is 16.2 Å². The number of thioether (sulfide) groups is 1. The van der Waals surface area contributed by atoms with Gasteiger partial charge in [-0.15, -0.1) is 4.57 Å². The zero-order valence-electron chi connectivity index (χ0n) is 12.5. The standard InChI is InChI=1S/C16H13ClNO3S2/c1-3-21-15(20)13-9(2)18-14(19)12(22-16(18)23-13)8-10-6-4-5-7-11(10)17/h4-8H,3H2,1-2H3/q+1/b12-8+. The molecule has 1 aliphatic heterocycles. The van der Waals surface area contributed by atoms with Gasteiger partial charge in [0.2, 0.25) is 5.69 Å². The summed E-state index contributed by atoms with van der Waals surface area (Å²) in [4.78, 5) is 25.6. The van der Waals surface area contributed by atoms with Gasteiger partial charge in [0.05, 0.1) is 6.61 Å². The van der Waals surface area contributed by atoms with Crippen LogP contribution in [0.15, 0.2) is 33.5 Å². The van der Waals surface area contributed by atoms with Crippen LogP contribution in [0.25, 0.3) is 6.08 Å². The number of allylic oxidation sites excluding steroid dienone is 1. The predicted molar refractivity (Wildman–Crippen MR) is 91.1 cm³/mol. The Labute approximate surface area is 146 Å². The van der Waals surface area contributed by atoms with Gasteiger partial charge in [0.1, 0.15) is 4.91 Å². The Morgan fingerprint density at radius 2 is 2.13 bits per heavy atom. The number of thiazole rings is 1. The molecule has 0 saturated carbocycles. The van der Waals surface area contributed by atoms with Gasteiger partial charge in [-0.3, -0.25) is 0 Å². The molecule has 0 amide bonds. The number of fused-ring (bicyclic) bond motifs is 1. The molecular formula is C16H13ClNO3S2+. The second kappa shape index (κ2) is 6.47. The minimum Gasteiger partial charge on any atom is -0.462 e. The summed E-state index contributed by atoms with van der Waals surface area (Å²) >= 11 is 8.76. The molecule has 0 atom stereocenters. The number of nitrogens with zero attached hydrogens (tertiary/aromatic N) is 1. The number of rotatable bonds is 3. The van der Waals surface area contributed by atoms with Crippen molar-refractivity contribution in [1.82, 2.24) is 0 Å². The molecule has 0 radical (unpaired) electrons. The average molecular weight is 367 g/mol.